The van der Waals surface area contributed by atoms with Crippen molar-refractivity contribution in [1.82, 2.24) is 0 Å². The van der Waals surface area contributed by atoms with Crippen molar-refractivity contribution in [2.45, 2.75) is 0 Å². The summed E-state index contributed by atoms with van der Waals surface area (Å²) in [5.41, 5.74) is 0. The van der Waals surface area contributed by atoms with Gasteiger partial charge < -0.3 is 4.74 Å². The normalized spacial score (nSPS) is 9.50. The number of benzene rings is 1. The third-order valence-corrected chi connectivity index (χ3v) is 1.95. The van der Waals surface area contributed by atoms with Crippen molar-refractivity contribution in [1.29, 1.82) is 0 Å². The monoisotopic (exact) mass is 219 g/mol. The summed E-state index contributed by atoms with van der Waals surface area (Å²) in [7, 11) is 1.57. The first kappa shape index (κ1) is 7.89. The minimum absolute atomic E-state index is 0.591. The van der Waals surface area contributed by atoms with Crippen LogP contribution < -0.4 is 4.74 Å². The molecule has 1 aromatic rings. The maximum absolute atomic E-state index is 5.75. The van der Waals surface area contributed by atoms with Gasteiger partial charge in [-0.3, -0.25) is 0 Å². The van der Waals surface area contributed by atoms with Gasteiger partial charge in [0.05, 0.1) is 16.6 Å². The Morgan fingerprint density at radius 3 is 2.80 bits per heavy atom. The molecule has 0 aromatic heterocycles. The van der Waals surface area contributed by atoms with Crippen LogP contribution in [0.3, 0.4) is 0 Å². The predicted octanol–water partition coefficient (Wildman–Crippen LogP) is 2.91. The molecule has 1 rings (SSSR count). The molecular weight excluding hydrogens is 215 g/mol. The topological polar surface area (TPSA) is 9.23 Å². The van der Waals surface area contributed by atoms with Gasteiger partial charge in [-0.2, -0.15) is 0 Å². The van der Waals surface area contributed by atoms with Gasteiger partial charge in [0.2, 0.25) is 0 Å². The fraction of sp³-hybridized carbons (Fsp3) is 0.143. The number of halogens is 2. The molecule has 10 heavy (non-hydrogen) atoms. The van der Waals surface area contributed by atoms with Crippen LogP contribution in [0.15, 0.2) is 16.6 Å². The van der Waals surface area contributed by atoms with E-state index < -0.39 is 0 Å². The third-order valence-electron chi connectivity index (χ3n) is 1.06. The molecule has 0 N–H and O–H groups in total. The van der Waals surface area contributed by atoms with Crippen LogP contribution in [0.25, 0.3) is 0 Å². The highest BCUT2D eigenvalue weighted by Gasteiger charge is 2.02. The lowest BCUT2D eigenvalue weighted by Crippen LogP contribution is -1.84. The van der Waals surface area contributed by atoms with Gasteiger partial charge in [-0.1, -0.05) is 17.7 Å². The van der Waals surface area contributed by atoms with E-state index in [0.717, 1.165) is 4.47 Å². The molecule has 0 aliphatic rings. The second kappa shape index (κ2) is 3.26. The lowest BCUT2D eigenvalue weighted by molar-refractivity contribution is 0.412. The first-order chi connectivity index (χ1) is 4.75. The first-order valence-corrected chi connectivity index (χ1v) is 3.82. The Hall–Kier alpha value is -0.210. The Labute approximate surface area is 73.1 Å². The molecule has 0 fully saturated rings. The zero-order valence-corrected chi connectivity index (χ0v) is 7.66. The van der Waals surface area contributed by atoms with Crippen LogP contribution in [-0.4, -0.2) is 7.11 Å². The van der Waals surface area contributed by atoms with Crippen LogP contribution in [0.4, 0.5) is 0 Å². The van der Waals surface area contributed by atoms with Gasteiger partial charge in [0.15, 0.2) is 5.75 Å². The smallest absolute Gasteiger partial charge is 0.152 e. The molecule has 3 heteroatoms. The summed E-state index contributed by atoms with van der Waals surface area (Å²) < 4.78 is 5.72. The van der Waals surface area contributed by atoms with Gasteiger partial charge in [-0.25, -0.2) is 0 Å². The Kier molecular flexibility index (Phi) is 2.57. The summed E-state index contributed by atoms with van der Waals surface area (Å²) in [5, 5.41) is 0.591. The van der Waals surface area contributed by atoms with E-state index in [2.05, 4.69) is 22.0 Å². The van der Waals surface area contributed by atoms with Gasteiger partial charge in [0.25, 0.3) is 0 Å². The summed E-state index contributed by atoms with van der Waals surface area (Å²) in [4.78, 5) is 0. The highest BCUT2D eigenvalue weighted by atomic mass is 79.9. The van der Waals surface area contributed by atoms with Crippen LogP contribution >= 0.6 is 27.5 Å². The van der Waals surface area contributed by atoms with E-state index in [0.29, 0.717) is 10.8 Å². The van der Waals surface area contributed by atoms with Gasteiger partial charge in [-0.15, -0.1) is 0 Å². The summed E-state index contributed by atoms with van der Waals surface area (Å²) in [6.45, 7) is 0. The number of hydrogen-bond donors (Lipinski definition) is 0. The van der Waals surface area contributed by atoms with Crippen molar-refractivity contribution in [3.05, 3.63) is 27.7 Å². The minimum atomic E-state index is 0.591. The highest BCUT2D eigenvalue weighted by Crippen LogP contribution is 2.31. The molecule has 0 heterocycles. The summed E-state index contributed by atoms with van der Waals surface area (Å²) in [6, 6.07) is 6.36. The highest BCUT2D eigenvalue weighted by molar-refractivity contribution is 9.10. The summed E-state index contributed by atoms with van der Waals surface area (Å²) >= 11 is 9.00. The van der Waals surface area contributed by atoms with Crippen molar-refractivity contribution >= 4 is 27.5 Å². The Morgan fingerprint density at radius 2 is 2.40 bits per heavy atom. The lowest BCUT2D eigenvalue weighted by Gasteiger charge is -2.02. The van der Waals surface area contributed by atoms with Crippen molar-refractivity contribution in [2.24, 2.45) is 0 Å². The van der Waals surface area contributed by atoms with Crippen molar-refractivity contribution < 1.29 is 4.74 Å². The minimum Gasteiger partial charge on any atom is -0.494 e. The zero-order chi connectivity index (χ0) is 7.56. The first-order valence-electron chi connectivity index (χ1n) is 2.65. The SMILES string of the molecule is COc1c(Br)[c]ccc1Cl. The maximum Gasteiger partial charge on any atom is 0.152 e. The second-order valence-electron chi connectivity index (χ2n) is 1.67. The molecule has 0 atom stereocenters. The van der Waals surface area contributed by atoms with E-state index >= 15 is 0 Å². The summed E-state index contributed by atoms with van der Waals surface area (Å²) in [6.07, 6.45) is 0. The number of ether oxygens (including phenoxy) is 1. The third kappa shape index (κ3) is 1.44. The average Bonchev–Trinajstić information content (AvgIpc) is 1.88. The Bertz CT molecular complexity index is 217. The summed E-state index contributed by atoms with van der Waals surface area (Å²) in [5.74, 6) is 0.629. The van der Waals surface area contributed by atoms with Gasteiger partial charge in [0, 0.05) is 6.07 Å². The maximum atomic E-state index is 5.75. The van der Waals surface area contributed by atoms with Gasteiger partial charge >= 0.3 is 0 Å². The number of hydrogen-bond acceptors (Lipinski definition) is 1. The molecule has 0 saturated carbocycles. The predicted molar refractivity (Wildman–Crippen MR) is 44.5 cm³/mol. The largest absolute Gasteiger partial charge is 0.494 e. The van der Waals surface area contributed by atoms with E-state index in [4.69, 9.17) is 16.3 Å². The Balaban J connectivity index is 3.17. The molecule has 0 aliphatic heterocycles. The van der Waals surface area contributed by atoms with Crippen LogP contribution in [0.2, 0.25) is 5.02 Å². The van der Waals surface area contributed by atoms with E-state index in [1.54, 1.807) is 19.2 Å². The standard InChI is InChI=1S/C7H5BrClO/c1-10-7-5(8)3-2-4-6(7)9/h2,4H,1H3. The Morgan fingerprint density at radius 1 is 1.70 bits per heavy atom. The fourth-order valence-corrected chi connectivity index (χ4v) is 1.48. The number of rotatable bonds is 1. The molecule has 1 aromatic carbocycles. The van der Waals surface area contributed by atoms with Crippen LogP contribution in [0.1, 0.15) is 0 Å². The molecule has 0 aliphatic carbocycles. The average molecular weight is 220 g/mol. The van der Waals surface area contributed by atoms with Crippen molar-refractivity contribution in [2.75, 3.05) is 7.11 Å². The quantitative estimate of drug-likeness (QED) is 0.707. The van der Waals surface area contributed by atoms with Crippen LogP contribution in [-0.2, 0) is 0 Å². The molecule has 1 nitrogen and oxygen atoms in total. The van der Waals surface area contributed by atoms with Crippen molar-refractivity contribution in [3.8, 4) is 5.75 Å². The van der Waals surface area contributed by atoms with E-state index in [9.17, 15) is 0 Å². The molecular formula is C7H5BrClO. The number of methoxy groups -OCH3 is 1. The molecule has 0 amide bonds. The fourth-order valence-electron chi connectivity index (χ4n) is 0.621. The van der Waals surface area contributed by atoms with E-state index in [1.807, 2.05) is 0 Å². The van der Waals surface area contributed by atoms with Crippen LogP contribution in [0.5, 0.6) is 5.75 Å². The second-order valence-corrected chi connectivity index (χ2v) is 2.87. The zero-order valence-electron chi connectivity index (χ0n) is 5.32. The molecule has 0 saturated heterocycles. The molecule has 53 valence electrons. The van der Waals surface area contributed by atoms with Crippen molar-refractivity contribution in [3.63, 3.8) is 0 Å². The van der Waals surface area contributed by atoms with Gasteiger partial charge in [-0.05, 0) is 22.0 Å². The van der Waals surface area contributed by atoms with Crippen LogP contribution in [0, 0.1) is 6.07 Å². The van der Waals surface area contributed by atoms with E-state index in [-0.39, 0.29) is 0 Å². The lowest BCUT2D eigenvalue weighted by atomic mass is 10.3. The molecule has 0 unspecified atom stereocenters. The molecule has 1 radical (unpaired) electrons. The van der Waals surface area contributed by atoms with E-state index in [1.165, 1.54) is 0 Å². The van der Waals surface area contributed by atoms with Gasteiger partial charge in [0.1, 0.15) is 0 Å². The molecule has 0 bridgehead atoms. The molecule has 0 spiro atoms.